The van der Waals surface area contributed by atoms with E-state index in [0.717, 1.165) is 55.2 Å². The summed E-state index contributed by atoms with van der Waals surface area (Å²) in [5, 5.41) is 4.62. The van der Waals surface area contributed by atoms with Crippen LogP contribution >= 0.6 is 0 Å². The number of para-hydroxylation sites is 2. The summed E-state index contributed by atoms with van der Waals surface area (Å²) in [4.78, 5) is 0. The van der Waals surface area contributed by atoms with E-state index in [1.165, 1.54) is 10.9 Å². The molecule has 0 unspecified atom stereocenters. The van der Waals surface area contributed by atoms with Crippen molar-refractivity contribution >= 4 is 43.9 Å². The van der Waals surface area contributed by atoms with Gasteiger partial charge in [0, 0.05) is 27.1 Å². The van der Waals surface area contributed by atoms with E-state index in [-0.39, 0.29) is 0 Å². The van der Waals surface area contributed by atoms with Gasteiger partial charge in [0.1, 0.15) is 22.3 Å². The molecular formula is C26H18O2. The van der Waals surface area contributed by atoms with Gasteiger partial charge in [0.05, 0.1) is 0 Å². The van der Waals surface area contributed by atoms with Gasteiger partial charge in [0.2, 0.25) is 0 Å². The van der Waals surface area contributed by atoms with E-state index in [4.69, 9.17) is 8.83 Å². The molecule has 0 amide bonds. The summed E-state index contributed by atoms with van der Waals surface area (Å²) in [5.74, 6) is 0. The summed E-state index contributed by atoms with van der Waals surface area (Å²) in [6, 6.07) is 25.4. The molecule has 6 rings (SSSR count). The predicted molar refractivity (Wildman–Crippen MR) is 116 cm³/mol. The Bertz CT molecular complexity index is 1530. The minimum absolute atomic E-state index is 0.914. The minimum atomic E-state index is 0.914. The Hall–Kier alpha value is -3.52. The average molecular weight is 362 g/mol. The predicted octanol–water partition coefficient (Wildman–Crippen LogP) is 7.77. The summed E-state index contributed by atoms with van der Waals surface area (Å²) in [6.07, 6.45) is 0. The first-order valence-electron chi connectivity index (χ1n) is 9.53. The van der Waals surface area contributed by atoms with Gasteiger partial charge in [0.25, 0.3) is 0 Å². The molecule has 2 heterocycles. The lowest BCUT2D eigenvalue weighted by molar-refractivity contribution is 0.666. The van der Waals surface area contributed by atoms with Gasteiger partial charge < -0.3 is 8.83 Å². The zero-order chi connectivity index (χ0) is 18.8. The minimum Gasteiger partial charge on any atom is -0.456 e. The van der Waals surface area contributed by atoms with Crippen molar-refractivity contribution in [2.24, 2.45) is 0 Å². The Balaban J connectivity index is 1.67. The maximum atomic E-state index is 6.35. The topological polar surface area (TPSA) is 26.3 Å². The average Bonchev–Trinajstić information content (AvgIpc) is 3.26. The van der Waals surface area contributed by atoms with Crippen LogP contribution in [0.2, 0.25) is 0 Å². The smallest absolute Gasteiger partial charge is 0.143 e. The summed E-state index contributed by atoms with van der Waals surface area (Å²) >= 11 is 0. The van der Waals surface area contributed by atoms with Gasteiger partial charge in [-0.2, -0.15) is 0 Å². The molecule has 4 aromatic carbocycles. The Morgan fingerprint density at radius 3 is 2.14 bits per heavy atom. The Labute approximate surface area is 162 Å². The van der Waals surface area contributed by atoms with Crippen LogP contribution in [0.4, 0.5) is 0 Å². The Morgan fingerprint density at radius 2 is 1.29 bits per heavy atom. The second-order valence-electron chi connectivity index (χ2n) is 7.55. The fourth-order valence-electron chi connectivity index (χ4n) is 4.25. The summed E-state index contributed by atoms with van der Waals surface area (Å²) in [5.41, 5.74) is 8.38. The number of aryl methyl sites for hydroxylation is 2. The third-order valence-electron chi connectivity index (χ3n) is 5.66. The molecule has 0 saturated heterocycles. The summed E-state index contributed by atoms with van der Waals surface area (Å²) in [7, 11) is 0. The molecule has 0 fully saturated rings. The highest BCUT2D eigenvalue weighted by atomic mass is 16.3. The second-order valence-corrected chi connectivity index (χ2v) is 7.55. The molecule has 0 spiro atoms. The molecule has 0 N–H and O–H groups in total. The molecule has 0 atom stereocenters. The third-order valence-corrected chi connectivity index (χ3v) is 5.66. The first kappa shape index (κ1) is 15.5. The number of hydrogen-bond donors (Lipinski definition) is 0. The Kier molecular flexibility index (Phi) is 3.05. The molecule has 0 radical (unpaired) electrons. The van der Waals surface area contributed by atoms with Crippen LogP contribution in [-0.4, -0.2) is 0 Å². The monoisotopic (exact) mass is 362 g/mol. The van der Waals surface area contributed by atoms with E-state index in [1.54, 1.807) is 0 Å². The van der Waals surface area contributed by atoms with Gasteiger partial charge in [-0.05, 0) is 49.2 Å². The zero-order valence-corrected chi connectivity index (χ0v) is 15.7. The maximum Gasteiger partial charge on any atom is 0.143 e. The molecule has 0 aliphatic heterocycles. The van der Waals surface area contributed by atoms with E-state index in [2.05, 4.69) is 80.6 Å². The van der Waals surface area contributed by atoms with Crippen molar-refractivity contribution in [2.45, 2.75) is 13.8 Å². The second kappa shape index (κ2) is 5.49. The Morgan fingerprint density at radius 1 is 0.571 bits per heavy atom. The van der Waals surface area contributed by atoms with Crippen LogP contribution in [0.5, 0.6) is 0 Å². The summed E-state index contributed by atoms with van der Waals surface area (Å²) in [6.45, 7) is 4.20. The molecule has 2 aromatic heterocycles. The van der Waals surface area contributed by atoms with Crippen LogP contribution in [-0.2, 0) is 0 Å². The van der Waals surface area contributed by atoms with E-state index in [1.807, 2.05) is 6.07 Å². The number of furan rings is 2. The van der Waals surface area contributed by atoms with Crippen molar-refractivity contribution in [3.8, 4) is 11.1 Å². The largest absolute Gasteiger partial charge is 0.456 e. The molecule has 6 aromatic rings. The van der Waals surface area contributed by atoms with Crippen molar-refractivity contribution in [2.75, 3.05) is 0 Å². The lowest BCUT2D eigenvalue weighted by Gasteiger charge is -2.03. The number of rotatable bonds is 1. The molecule has 0 aliphatic rings. The summed E-state index contributed by atoms with van der Waals surface area (Å²) < 4.78 is 12.4. The van der Waals surface area contributed by atoms with E-state index >= 15 is 0 Å². The van der Waals surface area contributed by atoms with Gasteiger partial charge in [-0.3, -0.25) is 0 Å². The molecule has 0 aliphatic carbocycles. The molecule has 28 heavy (non-hydrogen) atoms. The fraction of sp³-hybridized carbons (Fsp3) is 0.0769. The lowest BCUT2D eigenvalue weighted by atomic mass is 10.00. The lowest BCUT2D eigenvalue weighted by Crippen LogP contribution is -1.79. The van der Waals surface area contributed by atoms with Crippen LogP contribution in [0.15, 0.2) is 81.6 Å². The van der Waals surface area contributed by atoms with Crippen LogP contribution in [0.3, 0.4) is 0 Å². The normalized spacial score (nSPS) is 11.9. The van der Waals surface area contributed by atoms with E-state index in [9.17, 15) is 0 Å². The van der Waals surface area contributed by atoms with E-state index < -0.39 is 0 Å². The fourth-order valence-corrected chi connectivity index (χ4v) is 4.25. The molecular weight excluding hydrogens is 344 g/mol. The van der Waals surface area contributed by atoms with Crippen LogP contribution in [0, 0.1) is 13.8 Å². The first-order chi connectivity index (χ1) is 13.7. The van der Waals surface area contributed by atoms with Crippen LogP contribution < -0.4 is 0 Å². The van der Waals surface area contributed by atoms with Crippen molar-refractivity contribution in [1.82, 2.24) is 0 Å². The van der Waals surface area contributed by atoms with Crippen LogP contribution in [0.25, 0.3) is 55.0 Å². The van der Waals surface area contributed by atoms with Crippen LogP contribution in [0.1, 0.15) is 11.1 Å². The van der Waals surface area contributed by atoms with Crippen molar-refractivity contribution in [1.29, 1.82) is 0 Å². The molecule has 2 heteroatoms. The standard InChI is InChI=1S/C26H18O2/c1-15-9-11-23-21(13-15)22-14-17(10-12-24(22)27-23)18-6-4-8-20-19-7-3-5-16(2)25(19)28-26(18)20/h3-14H,1-2H3. The number of hydrogen-bond acceptors (Lipinski definition) is 2. The van der Waals surface area contributed by atoms with Crippen molar-refractivity contribution in [3.05, 3.63) is 83.9 Å². The maximum absolute atomic E-state index is 6.35. The van der Waals surface area contributed by atoms with Gasteiger partial charge in [-0.15, -0.1) is 0 Å². The zero-order valence-electron chi connectivity index (χ0n) is 15.7. The SMILES string of the molecule is Cc1ccc2oc3ccc(-c4cccc5c4oc4c(C)cccc45)cc3c2c1. The number of fused-ring (bicyclic) bond motifs is 6. The first-order valence-corrected chi connectivity index (χ1v) is 9.53. The number of benzene rings is 4. The van der Waals surface area contributed by atoms with Crippen molar-refractivity contribution < 1.29 is 8.83 Å². The molecule has 0 saturated carbocycles. The van der Waals surface area contributed by atoms with Gasteiger partial charge in [0.15, 0.2) is 0 Å². The molecule has 2 nitrogen and oxygen atoms in total. The quantitative estimate of drug-likeness (QED) is 0.299. The third kappa shape index (κ3) is 2.09. The van der Waals surface area contributed by atoms with E-state index in [0.29, 0.717) is 0 Å². The van der Waals surface area contributed by atoms with Gasteiger partial charge in [-0.25, -0.2) is 0 Å². The van der Waals surface area contributed by atoms with Gasteiger partial charge in [-0.1, -0.05) is 54.1 Å². The highest BCUT2D eigenvalue weighted by Gasteiger charge is 2.15. The molecule has 134 valence electrons. The highest BCUT2D eigenvalue weighted by Crippen LogP contribution is 2.39. The molecule has 0 bridgehead atoms. The van der Waals surface area contributed by atoms with Gasteiger partial charge >= 0.3 is 0 Å². The van der Waals surface area contributed by atoms with Crippen molar-refractivity contribution in [3.63, 3.8) is 0 Å². The highest BCUT2D eigenvalue weighted by molar-refractivity contribution is 6.12.